The van der Waals surface area contributed by atoms with E-state index in [1.807, 2.05) is 24.3 Å². The summed E-state index contributed by atoms with van der Waals surface area (Å²) in [5, 5.41) is 0. The molecule has 0 saturated carbocycles. The fraction of sp³-hybridized carbons (Fsp3) is 0.364. The summed E-state index contributed by atoms with van der Waals surface area (Å²) in [4.78, 5) is 13.1. The van der Waals surface area contributed by atoms with Gasteiger partial charge in [0, 0.05) is 16.9 Å². The molecule has 16 heavy (non-hydrogen) atoms. The van der Waals surface area contributed by atoms with E-state index < -0.39 is 0 Å². The molecule has 0 N–H and O–H groups in total. The van der Waals surface area contributed by atoms with Gasteiger partial charge in [-0.3, -0.25) is 0 Å². The zero-order valence-corrected chi connectivity index (χ0v) is 10.9. The summed E-state index contributed by atoms with van der Waals surface area (Å²) in [6.07, 6.45) is -0.473. The maximum Gasteiger partial charge on any atom is 0.410 e. The van der Waals surface area contributed by atoms with Crippen LogP contribution in [0.3, 0.4) is 0 Å². The zero-order valence-electron chi connectivity index (χ0n) is 8.53. The quantitative estimate of drug-likeness (QED) is 0.803. The largest absolute Gasteiger partial charge is 0.439 e. The molecule has 1 aliphatic rings. The highest BCUT2D eigenvalue weighted by molar-refractivity contribution is 9.10. The van der Waals surface area contributed by atoms with Gasteiger partial charge in [-0.15, -0.1) is 11.6 Å². The Balaban J connectivity index is 2.10. The number of benzene rings is 1. The van der Waals surface area contributed by atoms with Crippen molar-refractivity contribution >= 4 is 33.6 Å². The maximum atomic E-state index is 11.5. The number of carbonyl (C=O) groups is 1. The van der Waals surface area contributed by atoms with E-state index in [0.29, 0.717) is 19.0 Å². The van der Waals surface area contributed by atoms with E-state index >= 15 is 0 Å². The van der Waals surface area contributed by atoms with Crippen molar-refractivity contribution in [1.29, 1.82) is 0 Å². The van der Waals surface area contributed by atoms with Gasteiger partial charge in [0.1, 0.15) is 6.10 Å². The van der Waals surface area contributed by atoms with Crippen molar-refractivity contribution in [3.63, 3.8) is 0 Å². The van der Waals surface area contributed by atoms with E-state index in [1.165, 1.54) is 0 Å². The molecule has 0 radical (unpaired) electrons. The van der Waals surface area contributed by atoms with Crippen LogP contribution in [0.15, 0.2) is 28.7 Å². The normalized spacial score (nSPS) is 20.0. The van der Waals surface area contributed by atoms with E-state index in [-0.39, 0.29) is 12.2 Å². The van der Waals surface area contributed by atoms with Crippen LogP contribution >= 0.6 is 27.5 Å². The van der Waals surface area contributed by atoms with Gasteiger partial charge in [0.05, 0.1) is 6.54 Å². The first-order valence-corrected chi connectivity index (χ1v) is 6.30. The van der Waals surface area contributed by atoms with E-state index in [2.05, 4.69) is 15.9 Å². The minimum absolute atomic E-state index is 0.187. The molecule has 5 heteroatoms. The maximum absolute atomic E-state index is 11.5. The van der Waals surface area contributed by atoms with Crippen molar-refractivity contribution in [1.82, 2.24) is 4.90 Å². The Labute approximate surface area is 107 Å². The number of carbonyl (C=O) groups excluding carboxylic acids is 1. The smallest absolute Gasteiger partial charge is 0.410 e. The molecule has 1 atom stereocenters. The molecule has 1 amide bonds. The second-order valence-electron chi connectivity index (χ2n) is 3.56. The SMILES string of the molecule is O=C1OC(c2cccc(Br)c2)CN1CCCl. The third kappa shape index (κ3) is 2.50. The summed E-state index contributed by atoms with van der Waals surface area (Å²) in [5.41, 5.74) is 1.000. The van der Waals surface area contributed by atoms with Crippen LogP contribution in [0.1, 0.15) is 11.7 Å². The number of nitrogens with zero attached hydrogens (tertiary/aromatic N) is 1. The van der Waals surface area contributed by atoms with Crippen molar-refractivity contribution in [3.8, 4) is 0 Å². The molecule has 1 aromatic carbocycles. The third-order valence-corrected chi connectivity index (χ3v) is 3.12. The van der Waals surface area contributed by atoms with E-state index in [1.54, 1.807) is 4.90 Å². The van der Waals surface area contributed by atoms with Crippen LogP contribution in [0.4, 0.5) is 4.79 Å². The van der Waals surface area contributed by atoms with Gasteiger partial charge in [-0.25, -0.2) is 4.79 Å². The molecule has 1 heterocycles. The van der Waals surface area contributed by atoms with Crippen LogP contribution in [0.5, 0.6) is 0 Å². The lowest BCUT2D eigenvalue weighted by Crippen LogP contribution is -2.26. The second kappa shape index (κ2) is 5.06. The average Bonchev–Trinajstić information content (AvgIpc) is 2.61. The van der Waals surface area contributed by atoms with Gasteiger partial charge in [0.2, 0.25) is 0 Å². The molecule has 0 aliphatic carbocycles. The molecule has 0 aromatic heterocycles. The Morgan fingerprint density at radius 3 is 3.06 bits per heavy atom. The molecular weight excluding hydrogens is 293 g/mol. The molecule has 3 nitrogen and oxygen atoms in total. The molecule has 1 saturated heterocycles. The highest BCUT2D eigenvalue weighted by atomic mass is 79.9. The van der Waals surface area contributed by atoms with Gasteiger partial charge in [0.15, 0.2) is 0 Å². The molecule has 1 unspecified atom stereocenters. The third-order valence-electron chi connectivity index (χ3n) is 2.46. The molecule has 0 spiro atoms. The van der Waals surface area contributed by atoms with Crippen LogP contribution in [-0.4, -0.2) is 30.0 Å². The molecule has 86 valence electrons. The Morgan fingerprint density at radius 2 is 2.38 bits per heavy atom. The fourth-order valence-electron chi connectivity index (χ4n) is 1.67. The number of rotatable bonds is 3. The molecule has 1 fully saturated rings. The van der Waals surface area contributed by atoms with Crippen LogP contribution in [0.25, 0.3) is 0 Å². The molecule has 0 bridgehead atoms. The molecule has 1 aliphatic heterocycles. The number of amides is 1. The number of halogens is 2. The topological polar surface area (TPSA) is 29.5 Å². The van der Waals surface area contributed by atoms with Crippen molar-refractivity contribution in [2.75, 3.05) is 19.0 Å². The summed E-state index contributed by atoms with van der Waals surface area (Å²) >= 11 is 9.00. The van der Waals surface area contributed by atoms with Crippen molar-refractivity contribution in [3.05, 3.63) is 34.3 Å². The summed E-state index contributed by atoms with van der Waals surface area (Å²) in [6.45, 7) is 1.10. The Bertz CT molecular complexity index is 399. The predicted octanol–water partition coefficient (Wildman–Crippen LogP) is 3.18. The van der Waals surface area contributed by atoms with Crippen molar-refractivity contribution < 1.29 is 9.53 Å². The van der Waals surface area contributed by atoms with Gasteiger partial charge < -0.3 is 9.64 Å². The monoisotopic (exact) mass is 303 g/mol. The van der Waals surface area contributed by atoms with E-state index in [4.69, 9.17) is 16.3 Å². The summed E-state index contributed by atoms with van der Waals surface area (Å²) in [6, 6.07) is 7.78. The van der Waals surface area contributed by atoms with Gasteiger partial charge in [-0.2, -0.15) is 0 Å². The van der Waals surface area contributed by atoms with Crippen LogP contribution in [0, 0.1) is 0 Å². The Hall–Kier alpha value is -0.740. The molecular formula is C11H11BrClNO2. The summed E-state index contributed by atoms with van der Waals surface area (Å²) < 4.78 is 6.26. The van der Waals surface area contributed by atoms with Gasteiger partial charge in [-0.1, -0.05) is 28.1 Å². The molecule has 1 aromatic rings. The van der Waals surface area contributed by atoms with Gasteiger partial charge >= 0.3 is 6.09 Å². The van der Waals surface area contributed by atoms with E-state index in [0.717, 1.165) is 10.0 Å². The van der Waals surface area contributed by atoms with Crippen LogP contribution < -0.4 is 0 Å². The van der Waals surface area contributed by atoms with Gasteiger partial charge in [-0.05, 0) is 17.7 Å². The first-order valence-electron chi connectivity index (χ1n) is 4.97. The van der Waals surface area contributed by atoms with Crippen molar-refractivity contribution in [2.24, 2.45) is 0 Å². The first-order chi connectivity index (χ1) is 7.70. The van der Waals surface area contributed by atoms with Crippen LogP contribution in [-0.2, 0) is 4.74 Å². The zero-order chi connectivity index (χ0) is 11.5. The predicted molar refractivity (Wildman–Crippen MR) is 65.7 cm³/mol. The number of ether oxygens (including phenoxy) is 1. The lowest BCUT2D eigenvalue weighted by atomic mass is 10.1. The minimum atomic E-state index is -0.286. The summed E-state index contributed by atoms with van der Waals surface area (Å²) in [7, 11) is 0. The Morgan fingerprint density at radius 1 is 1.56 bits per heavy atom. The first kappa shape index (κ1) is 11.7. The lowest BCUT2D eigenvalue weighted by Gasteiger charge is -2.10. The minimum Gasteiger partial charge on any atom is -0.439 e. The molecule has 2 rings (SSSR count). The summed E-state index contributed by atoms with van der Waals surface area (Å²) in [5.74, 6) is 0.431. The Kier molecular flexibility index (Phi) is 3.71. The average molecular weight is 305 g/mol. The van der Waals surface area contributed by atoms with Crippen molar-refractivity contribution in [2.45, 2.75) is 6.10 Å². The number of hydrogen-bond donors (Lipinski definition) is 0. The number of alkyl halides is 1. The number of hydrogen-bond acceptors (Lipinski definition) is 2. The van der Waals surface area contributed by atoms with Crippen LogP contribution in [0.2, 0.25) is 0 Å². The standard InChI is InChI=1S/C11H11BrClNO2/c12-9-3-1-2-8(6-9)10-7-14(5-4-13)11(15)16-10/h1-3,6,10H,4-5,7H2. The highest BCUT2D eigenvalue weighted by Gasteiger charge is 2.31. The fourth-order valence-corrected chi connectivity index (χ4v) is 2.29. The second-order valence-corrected chi connectivity index (χ2v) is 4.86. The highest BCUT2D eigenvalue weighted by Crippen LogP contribution is 2.27. The van der Waals surface area contributed by atoms with Gasteiger partial charge in [0.25, 0.3) is 0 Å². The lowest BCUT2D eigenvalue weighted by molar-refractivity contribution is 0.133. The van der Waals surface area contributed by atoms with E-state index in [9.17, 15) is 4.79 Å². The number of cyclic esters (lactones) is 1.